The van der Waals surface area contributed by atoms with Gasteiger partial charge in [0.15, 0.2) is 0 Å². The number of hydrogen-bond donors (Lipinski definition) is 1. The average Bonchev–Trinajstić information content (AvgIpc) is 2.49. The highest BCUT2D eigenvalue weighted by molar-refractivity contribution is 7.09. The van der Waals surface area contributed by atoms with Crippen LogP contribution in [0.4, 0.5) is 0 Å². The second kappa shape index (κ2) is 5.35. The van der Waals surface area contributed by atoms with Crippen LogP contribution in [0, 0.1) is 6.92 Å². The lowest BCUT2D eigenvalue weighted by Crippen LogP contribution is -2.25. The second-order valence-corrected chi connectivity index (χ2v) is 4.42. The minimum atomic E-state index is 0.604. The molecule has 0 radical (unpaired) electrons. The van der Waals surface area contributed by atoms with Crippen molar-refractivity contribution >= 4 is 11.3 Å². The van der Waals surface area contributed by atoms with Crippen LogP contribution in [0.2, 0.25) is 0 Å². The summed E-state index contributed by atoms with van der Waals surface area (Å²) in [4.78, 5) is 4.43. The first-order valence-corrected chi connectivity index (χ1v) is 5.74. The van der Waals surface area contributed by atoms with Gasteiger partial charge in [-0.05, 0) is 33.2 Å². The van der Waals surface area contributed by atoms with Crippen molar-refractivity contribution in [2.75, 3.05) is 6.54 Å². The molecule has 74 valence electrons. The third-order valence-corrected chi connectivity index (χ3v) is 2.87. The lowest BCUT2D eigenvalue weighted by molar-refractivity contribution is 0.528. The summed E-state index contributed by atoms with van der Waals surface area (Å²) < 4.78 is 0. The Kier molecular flexibility index (Phi) is 4.39. The molecule has 0 saturated heterocycles. The van der Waals surface area contributed by atoms with Gasteiger partial charge >= 0.3 is 0 Å². The molecule has 3 heteroatoms. The molecule has 1 atom stereocenters. The summed E-state index contributed by atoms with van der Waals surface area (Å²) in [5, 5.41) is 6.73. The maximum Gasteiger partial charge on any atom is 0.0897 e. The van der Waals surface area contributed by atoms with Gasteiger partial charge in [0.2, 0.25) is 0 Å². The molecular weight excluding hydrogens is 180 g/mol. The van der Waals surface area contributed by atoms with Crippen LogP contribution in [-0.2, 0) is 6.42 Å². The van der Waals surface area contributed by atoms with Gasteiger partial charge in [0, 0.05) is 11.4 Å². The molecule has 13 heavy (non-hydrogen) atoms. The number of thiazole rings is 1. The highest BCUT2D eigenvalue weighted by Gasteiger charge is 2.02. The molecule has 0 bridgehead atoms. The summed E-state index contributed by atoms with van der Waals surface area (Å²) in [6, 6.07) is 0.604. The van der Waals surface area contributed by atoms with Gasteiger partial charge < -0.3 is 5.32 Å². The summed E-state index contributed by atoms with van der Waals surface area (Å²) in [6.45, 7) is 7.48. The Morgan fingerprint density at radius 3 is 2.92 bits per heavy atom. The fourth-order valence-electron chi connectivity index (χ4n) is 1.34. The molecular formula is C10H18N2S. The molecule has 1 aromatic heterocycles. The highest BCUT2D eigenvalue weighted by Crippen LogP contribution is 2.10. The van der Waals surface area contributed by atoms with Gasteiger partial charge in [-0.15, -0.1) is 11.3 Å². The number of aromatic nitrogens is 1. The maximum absolute atomic E-state index is 4.43. The van der Waals surface area contributed by atoms with Crippen LogP contribution >= 0.6 is 11.3 Å². The molecule has 2 nitrogen and oxygen atoms in total. The average molecular weight is 198 g/mol. The standard InChI is InChI=1S/C10H18N2S/c1-4-11-8(2)5-6-10-7-13-9(3)12-10/h7-8,11H,4-6H2,1-3H3. The van der Waals surface area contributed by atoms with Gasteiger partial charge in [-0.2, -0.15) is 0 Å². The van der Waals surface area contributed by atoms with Crippen LogP contribution in [0.3, 0.4) is 0 Å². The van der Waals surface area contributed by atoms with E-state index in [2.05, 4.69) is 36.5 Å². The SMILES string of the molecule is CCNC(C)CCc1csc(C)n1. The van der Waals surface area contributed by atoms with Crippen molar-refractivity contribution in [1.29, 1.82) is 0 Å². The van der Waals surface area contributed by atoms with E-state index in [1.807, 2.05) is 0 Å². The van der Waals surface area contributed by atoms with Crippen LogP contribution in [0.5, 0.6) is 0 Å². The minimum Gasteiger partial charge on any atom is -0.315 e. The molecule has 0 aliphatic carbocycles. The summed E-state index contributed by atoms with van der Waals surface area (Å²) in [6.07, 6.45) is 2.27. The molecule has 0 aliphatic rings. The van der Waals surface area contributed by atoms with Crippen molar-refractivity contribution in [2.45, 2.75) is 39.7 Å². The number of hydrogen-bond acceptors (Lipinski definition) is 3. The van der Waals surface area contributed by atoms with E-state index in [4.69, 9.17) is 0 Å². The van der Waals surface area contributed by atoms with E-state index in [1.165, 1.54) is 17.1 Å². The molecule has 0 fully saturated rings. The van der Waals surface area contributed by atoms with Gasteiger partial charge in [0.1, 0.15) is 0 Å². The second-order valence-electron chi connectivity index (χ2n) is 3.36. The van der Waals surface area contributed by atoms with Gasteiger partial charge in [0.25, 0.3) is 0 Å². The van der Waals surface area contributed by atoms with Gasteiger partial charge in [0.05, 0.1) is 10.7 Å². The summed E-state index contributed by atoms with van der Waals surface area (Å²) in [5.74, 6) is 0. The largest absolute Gasteiger partial charge is 0.315 e. The zero-order valence-corrected chi connectivity index (χ0v) is 9.45. The first-order chi connectivity index (χ1) is 6.22. The smallest absolute Gasteiger partial charge is 0.0897 e. The van der Waals surface area contributed by atoms with Crippen LogP contribution in [-0.4, -0.2) is 17.6 Å². The number of nitrogens with zero attached hydrogens (tertiary/aromatic N) is 1. The van der Waals surface area contributed by atoms with E-state index in [1.54, 1.807) is 11.3 Å². The van der Waals surface area contributed by atoms with Crippen LogP contribution in [0.25, 0.3) is 0 Å². The Hall–Kier alpha value is -0.410. The van der Waals surface area contributed by atoms with E-state index in [9.17, 15) is 0 Å². The Morgan fingerprint density at radius 1 is 1.62 bits per heavy atom. The first-order valence-electron chi connectivity index (χ1n) is 4.86. The zero-order valence-electron chi connectivity index (χ0n) is 8.63. The Balaban J connectivity index is 2.26. The molecule has 1 unspecified atom stereocenters. The predicted octanol–water partition coefficient (Wildman–Crippen LogP) is 2.38. The predicted molar refractivity (Wildman–Crippen MR) is 58.3 cm³/mol. The van der Waals surface area contributed by atoms with Crippen molar-refractivity contribution in [3.05, 3.63) is 16.1 Å². The molecule has 0 spiro atoms. The summed E-state index contributed by atoms with van der Waals surface area (Å²) in [5.41, 5.74) is 1.24. The van der Waals surface area contributed by atoms with Gasteiger partial charge in [-0.25, -0.2) is 4.98 Å². The lowest BCUT2D eigenvalue weighted by atomic mass is 10.1. The Bertz CT molecular complexity index is 245. The van der Waals surface area contributed by atoms with Crippen LogP contribution in [0.15, 0.2) is 5.38 Å². The summed E-state index contributed by atoms with van der Waals surface area (Å²) >= 11 is 1.74. The third-order valence-electron chi connectivity index (χ3n) is 2.05. The molecule has 1 heterocycles. The van der Waals surface area contributed by atoms with Crippen molar-refractivity contribution < 1.29 is 0 Å². The molecule has 0 saturated carbocycles. The topological polar surface area (TPSA) is 24.9 Å². The Labute approximate surface area is 84.4 Å². The van der Waals surface area contributed by atoms with Crippen LogP contribution < -0.4 is 5.32 Å². The maximum atomic E-state index is 4.43. The number of rotatable bonds is 5. The van der Waals surface area contributed by atoms with Crippen molar-refractivity contribution in [3.8, 4) is 0 Å². The highest BCUT2D eigenvalue weighted by atomic mass is 32.1. The van der Waals surface area contributed by atoms with Gasteiger partial charge in [-0.1, -0.05) is 6.92 Å². The van der Waals surface area contributed by atoms with Crippen molar-refractivity contribution in [1.82, 2.24) is 10.3 Å². The van der Waals surface area contributed by atoms with E-state index < -0.39 is 0 Å². The fourth-order valence-corrected chi connectivity index (χ4v) is 1.99. The van der Waals surface area contributed by atoms with E-state index in [0.717, 1.165) is 13.0 Å². The lowest BCUT2D eigenvalue weighted by Gasteiger charge is -2.10. The molecule has 0 aromatic carbocycles. The monoisotopic (exact) mass is 198 g/mol. The molecule has 0 amide bonds. The minimum absolute atomic E-state index is 0.604. The molecule has 1 rings (SSSR count). The quantitative estimate of drug-likeness (QED) is 0.785. The van der Waals surface area contributed by atoms with Gasteiger partial charge in [-0.3, -0.25) is 0 Å². The molecule has 1 N–H and O–H groups in total. The summed E-state index contributed by atoms with van der Waals surface area (Å²) in [7, 11) is 0. The van der Waals surface area contributed by atoms with Crippen LogP contribution in [0.1, 0.15) is 31.0 Å². The number of aryl methyl sites for hydroxylation is 2. The van der Waals surface area contributed by atoms with Crippen molar-refractivity contribution in [3.63, 3.8) is 0 Å². The molecule has 0 aliphatic heterocycles. The first kappa shape index (κ1) is 10.7. The van der Waals surface area contributed by atoms with E-state index in [0.29, 0.717) is 6.04 Å². The van der Waals surface area contributed by atoms with E-state index in [-0.39, 0.29) is 0 Å². The van der Waals surface area contributed by atoms with E-state index >= 15 is 0 Å². The normalized spacial score (nSPS) is 13.2. The third kappa shape index (κ3) is 3.87. The fraction of sp³-hybridized carbons (Fsp3) is 0.700. The van der Waals surface area contributed by atoms with Crippen molar-refractivity contribution in [2.24, 2.45) is 0 Å². The zero-order chi connectivity index (χ0) is 9.68. The number of nitrogens with one attached hydrogen (secondary N) is 1. The molecule has 1 aromatic rings. The Morgan fingerprint density at radius 2 is 2.38 bits per heavy atom.